The van der Waals surface area contributed by atoms with E-state index in [0.717, 1.165) is 0 Å². The van der Waals surface area contributed by atoms with Crippen molar-refractivity contribution in [3.63, 3.8) is 0 Å². The molecule has 0 aliphatic heterocycles. The third-order valence-corrected chi connectivity index (χ3v) is 1.01. The molecule has 47 valence electrons. The Morgan fingerprint density at radius 2 is 2.33 bits per heavy atom. The minimum absolute atomic E-state index is 0.606. The lowest BCUT2D eigenvalue weighted by molar-refractivity contribution is 0.414. The van der Waals surface area contributed by atoms with E-state index in [9.17, 15) is 0 Å². The van der Waals surface area contributed by atoms with E-state index in [0.29, 0.717) is 11.4 Å². The van der Waals surface area contributed by atoms with E-state index in [1.165, 1.54) is 0 Å². The zero-order valence-corrected chi connectivity index (χ0v) is 5.22. The first kappa shape index (κ1) is 5.95. The van der Waals surface area contributed by atoms with Crippen molar-refractivity contribution < 1.29 is 4.74 Å². The van der Waals surface area contributed by atoms with E-state index in [4.69, 9.17) is 10.5 Å². The van der Waals surface area contributed by atoms with Gasteiger partial charge in [-0.2, -0.15) is 0 Å². The zero-order valence-electron chi connectivity index (χ0n) is 5.22. The van der Waals surface area contributed by atoms with Gasteiger partial charge in [0.15, 0.2) is 0 Å². The van der Waals surface area contributed by atoms with Gasteiger partial charge in [-0.25, -0.2) is 0 Å². The van der Waals surface area contributed by atoms with Crippen molar-refractivity contribution in [2.45, 2.75) is 0 Å². The molecule has 0 bridgehead atoms. The van der Waals surface area contributed by atoms with Crippen LogP contribution in [0.25, 0.3) is 0 Å². The van der Waals surface area contributed by atoms with Crippen LogP contribution < -0.4 is 10.5 Å². The summed E-state index contributed by atoms with van der Waals surface area (Å²) in [6.07, 6.45) is 0. The average Bonchev–Trinajstić information content (AvgIpc) is 1.88. The van der Waals surface area contributed by atoms with E-state index < -0.39 is 0 Å². The molecular formula is C7H8NO. The maximum Gasteiger partial charge on any atom is 0.128 e. The van der Waals surface area contributed by atoms with Gasteiger partial charge in [-0.3, -0.25) is 0 Å². The molecule has 0 unspecified atom stereocenters. The highest BCUT2D eigenvalue weighted by atomic mass is 16.5. The van der Waals surface area contributed by atoms with Gasteiger partial charge in [-0.05, 0) is 12.1 Å². The standard InChI is InChI=1S/C7H8NO/c1-9-7-4-2-3-6(8)5-7/h2-4H,8H2,1H3. The summed E-state index contributed by atoms with van der Waals surface area (Å²) in [5.74, 6) is 0.676. The summed E-state index contributed by atoms with van der Waals surface area (Å²) in [6.45, 7) is 0. The molecule has 0 saturated carbocycles. The van der Waals surface area contributed by atoms with Gasteiger partial charge >= 0.3 is 0 Å². The molecule has 0 amide bonds. The Bertz CT molecular complexity index is 198. The molecule has 9 heavy (non-hydrogen) atoms. The predicted molar refractivity (Wildman–Crippen MR) is 36.2 cm³/mol. The number of ether oxygens (including phenoxy) is 1. The van der Waals surface area contributed by atoms with E-state index in [-0.39, 0.29) is 0 Å². The monoisotopic (exact) mass is 122 g/mol. The highest BCUT2D eigenvalue weighted by Crippen LogP contribution is 2.11. The van der Waals surface area contributed by atoms with Crippen molar-refractivity contribution in [2.75, 3.05) is 12.8 Å². The Morgan fingerprint density at radius 3 is 2.78 bits per heavy atom. The van der Waals surface area contributed by atoms with E-state index in [1.54, 1.807) is 19.2 Å². The molecule has 2 nitrogen and oxygen atoms in total. The van der Waals surface area contributed by atoms with Gasteiger partial charge in [0.1, 0.15) is 5.75 Å². The number of rotatable bonds is 1. The fourth-order valence-electron chi connectivity index (χ4n) is 0.584. The van der Waals surface area contributed by atoms with Crippen molar-refractivity contribution in [2.24, 2.45) is 0 Å². The second kappa shape index (κ2) is 2.40. The molecule has 1 aromatic rings. The number of anilines is 1. The Hall–Kier alpha value is -1.18. The number of hydrogen-bond acceptors (Lipinski definition) is 2. The molecule has 1 radical (unpaired) electrons. The van der Waals surface area contributed by atoms with Crippen molar-refractivity contribution in [3.8, 4) is 5.75 Å². The van der Waals surface area contributed by atoms with Crippen molar-refractivity contribution >= 4 is 5.69 Å². The molecule has 0 spiro atoms. The second-order valence-electron chi connectivity index (χ2n) is 1.67. The smallest absolute Gasteiger partial charge is 0.128 e. The van der Waals surface area contributed by atoms with E-state index in [2.05, 4.69) is 6.07 Å². The predicted octanol–water partition coefficient (Wildman–Crippen LogP) is 1.08. The maximum atomic E-state index is 5.40. The summed E-state index contributed by atoms with van der Waals surface area (Å²) in [7, 11) is 1.59. The lowest BCUT2D eigenvalue weighted by atomic mass is 10.3. The van der Waals surface area contributed by atoms with Gasteiger partial charge < -0.3 is 10.5 Å². The van der Waals surface area contributed by atoms with Gasteiger partial charge in [0.25, 0.3) is 0 Å². The molecule has 2 heteroatoms. The van der Waals surface area contributed by atoms with Crippen LogP contribution in [0, 0.1) is 6.07 Å². The zero-order chi connectivity index (χ0) is 6.69. The molecule has 0 aliphatic rings. The lowest BCUT2D eigenvalue weighted by Gasteiger charge is -1.96. The molecule has 0 heterocycles. The molecule has 1 rings (SSSR count). The van der Waals surface area contributed by atoms with Gasteiger partial charge in [-0.1, -0.05) is 6.07 Å². The molecule has 1 aromatic carbocycles. The van der Waals surface area contributed by atoms with Crippen LogP contribution in [0.15, 0.2) is 18.2 Å². The van der Waals surface area contributed by atoms with Crippen LogP contribution in [0.4, 0.5) is 5.69 Å². The fraction of sp³-hybridized carbons (Fsp3) is 0.143. The number of methoxy groups -OCH3 is 1. The first-order valence-electron chi connectivity index (χ1n) is 2.65. The number of benzene rings is 1. The SMILES string of the molecule is COc1[c]c(N)ccc1. The minimum atomic E-state index is 0.606. The number of nitrogen functional groups attached to an aromatic ring is 1. The Labute approximate surface area is 54.2 Å². The van der Waals surface area contributed by atoms with Gasteiger partial charge in [0.2, 0.25) is 0 Å². The molecule has 0 aliphatic carbocycles. The summed E-state index contributed by atoms with van der Waals surface area (Å²) in [5.41, 5.74) is 6.00. The van der Waals surface area contributed by atoms with Crippen molar-refractivity contribution in [1.82, 2.24) is 0 Å². The fourth-order valence-corrected chi connectivity index (χ4v) is 0.584. The Balaban J connectivity index is 2.94. The second-order valence-corrected chi connectivity index (χ2v) is 1.67. The van der Waals surface area contributed by atoms with Gasteiger partial charge in [0, 0.05) is 5.69 Å². The summed E-state index contributed by atoms with van der Waals surface area (Å²) in [6, 6.07) is 8.20. The first-order valence-corrected chi connectivity index (χ1v) is 2.65. The minimum Gasteiger partial charge on any atom is -0.496 e. The van der Waals surface area contributed by atoms with E-state index >= 15 is 0 Å². The largest absolute Gasteiger partial charge is 0.496 e. The molecule has 0 fully saturated rings. The highest BCUT2D eigenvalue weighted by Gasteiger charge is 1.88. The Kier molecular flexibility index (Phi) is 1.58. The molecule has 2 N–H and O–H groups in total. The average molecular weight is 122 g/mol. The quantitative estimate of drug-likeness (QED) is 0.565. The number of hydrogen-bond donors (Lipinski definition) is 1. The van der Waals surface area contributed by atoms with Gasteiger partial charge in [-0.15, -0.1) is 0 Å². The number of nitrogens with two attached hydrogens (primary N) is 1. The third-order valence-electron chi connectivity index (χ3n) is 1.01. The third kappa shape index (κ3) is 1.35. The lowest BCUT2D eigenvalue weighted by Crippen LogP contribution is -1.86. The molecule has 0 saturated heterocycles. The van der Waals surface area contributed by atoms with Crippen LogP contribution in [0.3, 0.4) is 0 Å². The van der Waals surface area contributed by atoms with Crippen molar-refractivity contribution in [3.05, 3.63) is 24.3 Å². The van der Waals surface area contributed by atoms with Crippen LogP contribution in [0.1, 0.15) is 0 Å². The van der Waals surface area contributed by atoms with E-state index in [1.807, 2.05) is 6.07 Å². The molecular weight excluding hydrogens is 114 g/mol. The summed E-state index contributed by atoms with van der Waals surface area (Å²) in [5, 5.41) is 0. The maximum absolute atomic E-state index is 5.40. The van der Waals surface area contributed by atoms with Crippen LogP contribution in [0.5, 0.6) is 5.75 Å². The Morgan fingerprint density at radius 1 is 1.56 bits per heavy atom. The highest BCUT2D eigenvalue weighted by molar-refractivity contribution is 5.41. The summed E-state index contributed by atoms with van der Waals surface area (Å²) in [4.78, 5) is 0. The first-order chi connectivity index (χ1) is 4.33. The van der Waals surface area contributed by atoms with Crippen LogP contribution >= 0.6 is 0 Å². The topological polar surface area (TPSA) is 35.2 Å². The molecule has 0 atom stereocenters. The van der Waals surface area contributed by atoms with Gasteiger partial charge in [0.05, 0.1) is 13.2 Å². The normalized spacial score (nSPS) is 9.00. The molecule has 0 aromatic heterocycles. The van der Waals surface area contributed by atoms with Crippen molar-refractivity contribution in [1.29, 1.82) is 0 Å². The van der Waals surface area contributed by atoms with Crippen LogP contribution in [-0.2, 0) is 0 Å². The van der Waals surface area contributed by atoms with Crippen LogP contribution in [-0.4, -0.2) is 7.11 Å². The van der Waals surface area contributed by atoms with Crippen LogP contribution in [0.2, 0.25) is 0 Å². The summed E-state index contributed by atoms with van der Waals surface area (Å²) < 4.78 is 4.86. The summed E-state index contributed by atoms with van der Waals surface area (Å²) >= 11 is 0.